The van der Waals surface area contributed by atoms with Gasteiger partial charge in [0, 0.05) is 37.4 Å². The third-order valence-electron chi connectivity index (χ3n) is 7.87. The zero-order valence-corrected chi connectivity index (χ0v) is 21.7. The van der Waals surface area contributed by atoms with Crippen LogP contribution in [-0.2, 0) is 13.1 Å². The van der Waals surface area contributed by atoms with E-state index in [0.717, 1.165) is 48.9 Å². The van der Waals surface area contributed by atoms with E-state index < -0.39 is 0 Å². The fourth-order valence-electron chi connectivity index (χ4n) is 5.28. The molecule has 2 fully saturated rings. The molecule has 0 unspecified atom stereocenters. The molecule has 3 heterocycles. The van der Waals surface area contributed by atoms with Crippen LogP contribution in [0.2, 0.25) is 0 Å². The van der Waals surface area contributed by atoms with Crippen molar-refractivity contribution in [2.24, 2.45) is 0 Å². The minimum atomic E-state index is -0.376. The number of hydrogen-bond acceptors (Lipinski definition) is 6. The molecule has 0 atom stereocenters. The van der Waals surface area contributed by atoms with Crippen LogP contribution in [0.25, 0.3) is 22.6 Å². The molecule has 2 aliphatic carbocycles. The van der Waals surface area contributed by atoms with E-state index >= 15 is 0 Å². The highest BCUT2D eigenvalue weighted by Crippen LogP contribution is 2.34. The van der Waals surface area contributed by atoms with Gasteiger partial charge in [-0.05, 0) is 63.5 Å². The van der Waals surface area contributed by atoms with Crippen molar-refractivity contribution in [3.63, 3.8) is 0 Å². The van der Waals surface area contributed by atoms with E-state index in [2.05, 4.69) is 0 Å². The zero-order chi connectivity index (χ0) is 26.2. The van der Waals surface area contributed by atoms with Crippen LogP contribution < -0.4 is 16.0 Å². The molecule has 1 N–H and O–H groups in total. The number of ether oxygens (including phenoxy) is 1. The highest BCUT2D eigenvalue weighted by molar-refractivity contribution is 5.78. The third kappa shape index (κ3) is 4.34. The summed E-state index contributed by atoms with van der Waals surface area (Å²) in [4.78, 5) is 37.1. The van der Waals surface area contributed by atoms with Crippen LogP contribution in [0.15, 0.2) is 52.1 Å². The Morgan fingerprint density at radius 1 is 0.974 bits per heavy atom. The molecule has 38 heavy (non-hydrogen) atoms. The Balaban J connectivity index is 1.57. The molecule has 6 rings (SSSR count). The second-order valence-corrected chi connectivity index (χ2v) is 10.4. The fourth-order valence-corrected chi connectivity index (χ4v) is 5.28. The van der Waals surface area contributed by atoms with E-state index in [0.29, 0.717) is 35.8 Å². The molecule has 0 bridgehead atoms. The number of pyridine rings is 1. The van der Waals surface area contributed by atoms with Gasteiger partial charge in [-0.25, -0.2) is 14.8 Å². The van der Waals surface area contributed by atoms with Crippen LogP contribution in [0.4, 0.5) is 0 Å². The van der Waals surface area contributed by atoms with Crippen molar-refractivity contribution in [3.05, 3.63) is 74.6 Å². The summed E-state index contributed by atoms with van der Waals surface area (Å²) in [5.41, 5.74) is 2.67. The molecule has 9 nitrogen and oxygen atoms in total. The Morgan fingerprint density at radius 2 is 1.74 bits per heavy atom. The monoisotopic (exact) mass is 515 g/mol. The first-order valence-electron chi connectivity index (χ1n) is 13.6. The van der Waals surface area contributed by atoms with Gasteiger partial charge in [0.05, 0.1) is 5.69 Å². The zero-order valence-electron chi connectivity index (χ0n) is 21.7. The summed E-state index contributed by atoms with van der Waals surface area (Å²) in [6, 6.07) is 13.8. The standard InChI is InChI=1S/C29H33N5O4/c1-19-23(14-15-24(30-19)38-22-12-6-13-22)26-31-27-25(33(26)18-20-8-3-2-4-9-20)28(36)32(16-7-17-35)29(37)34(27)21-10-5-11-21/h2-4,8-9,14-15,21-22,35H,5-7,10-13,16-18H2,1H3. The highest BCUT2D eigenvalue weighted by Gasteiger charge is 2.29. The van der Waals surface area contributed by atoms with Crippen LogP contribution in [0, 0.1) is 6.92 Å². The van der Waals surface area contributed by atoms with E-state index in [1.54, 1.807) is 4.57 Å². The molecular formula is C29H33N5O4. The molecule has 2 saturated carbocycles. The predicted molar refractivity (Wildman–Crippen MR) is 145 cm³/mol. The van der Waals surface area contributed by atoms with Gasteiger partial charge in [0.1, 0.15) is 11.9 Å². The van der Waals surface area contributed by atoms with E-state index in [1.165, 1.54) is 11.0 Å². The molecule has 0 aliphatic heterocycles. The summed E-state index contributed by atoms with van der Waals surface area (Å²) in [5, 5.41) is 9.43. The third-order valence-corrected chi connectivity index (χ3v) is 7.87. The largest absolute Gasteiger partial charge is 0.474 e. The molecule has 2 aliphatic rings. The molecule has 1 aromatic carbocycles. The van der Waals surface area contributed by atoms with Crippen molar-refractivity contribution in [1.82, 2.24) is 23.7 Å². The topological polar surface area (TPSA) is 104 Å². The Hall–Kier alpha value is -3.72. The molecular weight excluding hydrogens is 482 g/mol. The number of rotatable bonds is 9. The second kappa shape index (κ2) is 10.2. The Labute approximate surface area is 220 Å². The fraction of sp³-hybridized carbons (Fsp3) is 0.448. The number of benzene rings is 1. The van der Waals surface area contributed by atoms with E-state index in [1.807, 2.05) is 54.0 Å². The lowest BCUT2D eigenvalue weighted by Crippen LogP contribution is -2.43. The SMILES string of the molecule is Cc1nc(OC2CCC2)ccc1-c1nc2c(c(=O)n(CCCO)c(=O)n2C2CCC2)n1Cc1ccccc1. The van der Waals surface area contributed by atoms with Gasteiger partial charge in [0.15, 0.2) is 11.2 Å². The number of aryl methyl sites for hydroxylation is 1. The van der Waals surface area contributed by atoms with Crippen molar-refractivity contribution >= 4 is 11.2 Å². The maximum atomic E-state index is 13.9. The quantitative estimate of drug-likeness (QED) is 0.364. The van der Waals surface area contributed by atoms with E-state index in [4.69, 9.17) is 14.7 Å². The smallest absolute Gasteiger partial charge is 0.333 e. The summed E-state index contributed by atoms with van der Waals surface area (Å²) < 4.78 is 10.9. The summed E-state index contributed by atoms with van der Waals surface area (Å²) in [6.45, 7) is 2.41. The first-order valence-corrected chi connectivity index (χ1v) is 13.6. The number of hydrogen-bond donors (Lipinski definition) is 1. The summed E-state index contributed by atoms with van der Waals surface area (Å²) in [7, 11) is 0. The molecule has 3 aromatic heterocycles. The Bertz CT molecular complexity index is 1580. The lowest BCUT2D eigenvalue weighted by molar-refractivity contribution is 0.114. The first kappa shape index (κ1) is 24.6. The molecule has 198 valence electrons. The lowest BCUT2D eigenvalue weighted by Gasteiger charge is -2.28. The van der Waals surface area contributed by atoms with Gasteiger partial charge >= 0.3 is 5.69 Å². The number of imidazole rings is 1. The van der Waals surface area contributed by atoms with Gasteiger partial charge < -0.3 is 14.4 Å². The van der Waals surface area contributed by atoms with E-state index in [9.17, 15) is 14.7 Å². The van der Waals surface area contributed by atoms with Gasteiger partial charge in [-0.15, -0.1) is 0 Å². The first-order chi connectivity index (χ1) is 18.5. The van der Waals surface area contributed by atoms with Crippen molar-refractivity contribution in [1.29, 1.82) is 0 Å². The lowest BCUT2D eigenvalue weighted by atomic mass is 9.93. The second-order valence-electron chi connectivity index (χ2n) is 10.4. The Kier molecular flexibility index (Phi) is 6.61. The number of nitrogens with zero attached hydrogens (tertiary/aromatic N) is 5. The number of fused-ring (bicyclic) bond motifs is 1. The number of aromatic nitrogens is 5. The van der Waals surface area contributed by atoms with Gasteiger partial charge in [0.25, 0.3) is 5.56 Å². The van der Waals surface area contributed by atoms with Crippen LogP contribution in [0.5, 0.6) is 5.88 Å². The van der Waals surface area contributed by atoms with Gasteiger partial charge in [-0.3, -0.25) is 13.9 Å². The predicted octanol–water partition coefficient (Wildman–Crippen LogP) is 3.82. The van der Waals surface area contributed by atoms with Gasteiger partial charge in [-0.1, -0.05) is 30.3 Å². The van der Waals surface area contributed by atoms with E-state index in [-0.39, 0.29) is 36.5 Å². The molecule has 0 amide bonds. The number of aliphatic hydroxyl groups excluding tert-OH is 1. The van der Waals surface area contributed by atoms with Crippen LogP contribution in [0.1, 0.15) is 62.2 Å². The average Bonchev–Trinajstić information content (AvgIpc) is 3.22. The maximum absolute atomic E-state index is 13.9. The van der Waals surface area contributed by atoms with Crippen molar-refractivity contribution < 1.29 is 9.84 Å². The normalized spacial score (nSPS) is 15.9. The summed E-state index contributed by atoms with van der Waals surface area (Å²) >= 11 is 0. The van der Waals surface area contributed by atoms with Crippen molar-refractivity contribution in [2.45, 2.75) is 77.1 Å². The van der Waals surface area contributed by atoms with Gasteiger partial charge in [-0.2, -0.15) is 0 Å². The minimum Gasteiger partial charge on any atom is -0.474 e. The molecule has 0 spiro atoms. The van der Waals surface area contributed by atoms with Crippen LogP contribution in [-0.4, -0.2) is 41.5 Å². The van der Waals surface area contributed by atoms with Crippen molar-refractivity contribution in [3.8, 4) is 17.3 Å². The highest BCUT2D eigenvalue weighted by atomic mass is 16.5. The van der Waals surface area contributed by atoms with Crippen LogP contribution in [0.3, 0.4) is 0 Å². The van der Waals surface area contributed by atoms with Gasteiger partial charge in [0.2, 0.25) is 5.88 Å². The number of aliphatic hydroxyl groups is 1. The molecule has 4 aromatic rings. The van der Waals surface area contributed by atoms with Crippen molar-refractivity contribution in [2.75, 3.05) is 6.61 Å². The molecule has 0 radical (unpaired) electrons. The van der Waals surface area contributed by atoms with Crippen LogP contribution >= 0.6 is 0 Å². The average molecular weight is 516 g/mol. The maximum Gasteiger partial charge on any atom is 0.333 e. The molecule has 9 heteroatoms. The minimum absolute atomic E-state index is 0.0105. The summed E-state index contributed by atoms with van der Waals surface area (Å²) in [6.07, 6.45) is 6.64. The summed E-state index contributed by atoms with van der Waals surface area (Å²) in [5.74, 6) is 1.20. The molecule has 0 saturated heterocycles. The Morgan fingerprint density at radius 3 is 2.37 bits per heavy atom.